The molecule has 0 radical (unpaired) electrons. The smallest absolute Gasteiger partial charge is 0.337 e. The minimum Gasteiger partial charge on any atom is -0.491 e. The van der Waals surface area contributed by atoms with Gasteiger partial charge in [-0.05, 0) is 45.0 Å². The molecule has 1 unspecified atom stereocenters. The molecule has 0 bridgehead atoms. The first-order chi connectivity index (χ1) is 8.31. The first kappa shape index (κ1) is 14.3. The monoisotopic (exact) mass is 253 g/mol. The Morgan fingerprint density at radius 3 is 2.39 bits per heavy atom. The van der Waals surface area contributed by atoms with Crippen molar-refractivity contribution in [3.8, 4) is 5.75 Å². The van der Waals surface area contributed by atoms with Crippen LogP contribution in [0.5, 0.6) is 5.75 Å². The number of aliphatic hydroxyl groups is 1. The quantitative estimate of drug-likeness (QED) is 0.719. The molecule has 0 saturated heterocycles. The molecule has 0 aromatic heterocycles. The Labute approximate surface area is 106 Å². The van der Waals surface area contributed by atoms with E-state index in [1.165, 1.54) is 6.92 Å². The molecule has 3 N–H and O–H groups in total. The van der Waals surface area contributed by atoms with Crippen LogP contribution in [0.15, 0.2) is 24.3 Å². The van der Waals surface area contributed by atoms with Crippen LogP contribution >= 0.6 is 0 Å². The Morgan fingerprint density at radius 2 is 1.94 bits per heavy atom. The lowest BCUT2D eigenvalue weighted by Gasteiger charge is -2.19. The van der Waals surface area contributed by atoms with Gasteiger partial charge in [0.1, 0.15) is 5.75 Å². The molecule has 0 amide bonds. The van der Waals surface area contributed by atoms with E-state index in [-0.39, 0.29) is 12.6 Å². The van der Waals surface area contributed by atoms with Gasteiger partial charge in [-0.2, -0.15) is 0 Å². The Hall–Kier alpha value is -1.75. The number of benzene rings is 1. The molecule has 18 heavy (non-hydrogen) atoms. The summed E-state index contributed by atoms with van der Waals surface area (Å²) >= 11 is 0. The van der Waals surface area contributed by atoms with Gasteiger partial charge in [0, 0.05) is 5.69 Å². The second kappa shape index (κ2) is 5.73. The molecule has 5 heteroatoms. The van der Waals surface area contributed by atoms with Gasteiger partial charge in [0.05, 0.1) is 12.6 Å². The van der Waals surface area contributed by atoms with Crippen molar-refractivity contribution in [2.24, 2.45) is 0 Å². The van der Waals surface area contributed by atoms with Gasteiger partial charge in [-0.3, -0.25) is 0 Å². The highest BCUT2D eigenvalue weighted by Crippen LogP contribution is 2.17. The SMILES string of the molecule is CC(C)Oc1ccc(NCC(C)(O)C(=O)O)cc1. The van der Waals surface area contributed by atoms with Gasteiger partial charge in [0.15, 0.2) is 5.60 Å². The number of aliphatic carboxylic acids is 1. The zero-order chi connectivity index (χ0) is 13.8. The van der Waals surface area contributed by atoms with Crippen LogP contribution in [-0.2, 0) is 4.79 Å². The fourth-order valence-corrected chi connectivity index (χ4v) is 1.27. The standard InChI is InChI=1S/C13H19NO4/c1-9(2)18-11-6-4-10(5-7-11)14-8-13(3,17)12(15)16/h4-7,9,14,17H,8H2,1-3H3,(H,15,16). The molecule has 0 spiro atoms. The van der Waals surface area contributed by atoms with Crippen molar-refractivity contribution in [2.45, 2.75) is 32.5 Å². The Kier molecular flexibility index (Phi) is 4.55. The van der Waals surface area contributed by atoms with Crippen molar-refractivity contribution in [3.63, 3.8) is 0 Å². The number of nitrogens with one attached hydrogen (secondary N) is 1. The van der Waals surface area contributed by atoms with E-state index in [2.05, 4.69) is 5.32 Å². The molecule has 0 aliphatic carbocycles. The Bertz CT molecular complexity index is 398. The van der Waals surface area contributed by atoms with E-state index in [1.807, 2.05) is 13.8 Å². The molecule has 1 rings (SSSR count). The number of anilines is 1. The maximum Gasteiger partial charge on any atom is 0.337 e. The number of carbonyl (C=O) groups is 1. The highest BCUT2D eigenvalue weighted by Gasteiger charge is 2.29. The molecule has 0 aliphatic rings. The highest BCUT2D eigenvalue weighted by molar-refractivity contribution is 5.77. The summed E-state index contributed by atoms with van der Waals surface area (Å²) in [5.41, 5.74) is -1.06. The van der Waals surface area contributed by atoms with E-state index in [0.29, 0.717) is 0 Å². The lowest BCUT2D eigenvalue weighted by Crippen LogP contribution is -2.41. The van der Waals surface area contributed by atoms with Crippen LogP contribution in [0.1, 0.15) is 20.8 Å². The van der Waals surface area contributed by atoms with E-state index >= 15 is 0 Å². The van der Waals surface area contributed by atoms with Crippen LogP contribution in [0.4, 0.5) is 5.69 Å². The molecule has 0 heterocycles. The van der Waals surface area contributed by atoms with Crippen molar-refractivity contribution >= 4 is 11.7 Å². The number of hydrogen-bond donors (Lipinski definition) is 3. The normalized spacial score (nSPS) is 14.1. The van der Waals surface area contributed by atoms with E-state index < -0.39 is 11.6 Å². The average Bonchev–Trinajstić information content (AvgIpc) is 2.27. The van der Waals surface area contributed by atoms with Crippen LogP contribution < -0.4 is 10.1 Å². The Balaban J connectivity index is 2.57. The zero-order valence-corrected chi connectivity index (χ0v) is 10.8. The van der Waals surface area contributed by atoms with E-state index in [1.54, 1.807) is 24.3 Å². The highest BCUT2D eigenvalue weighted by atomic mass is 16.5. The molecule has 1 aromatic rings. The summed E-state index contributed by atoms with van der Waals surface area (Å²) in [5, 5.41) is 21.2. The first-order valence-electron chi connectivity index (χ1n) is 5.77. The summed E-state index contributed by atoms with van der Waals surface area (Å²) in [6, 6.07) is 7.13. The molecule has 1 atom stereocenters. The predicted octanol–water partition coefficient (Wildman–Crippen LogP) is 1.72. The minimum absolute atomic E-state index is 0.0628. The fourth-order valence-electron chi connectivity index (χ4n) is 1.27. The third-order valence-corrected chi connectivity index (χ3v) is 2.32. The molecule has 0 fully saturated rings. The lowest BCUT2D eigenvalue weighted by atomic mass is 10.1. The largest absolute Gasteiger partial charge is 0.491 e. The van der Waals surface area contributed by atoms with E-state index in [9.17, 15) is 9.90 Å². The zero-order valence-electron chi connectivity index (χ0n) is 10.8. The van der Waals surface area contributed by atoms with Crippen LogP contribution in [-0.4, -0.2) is 34.4 Å². The second-order valence-electron chi connectivity index (χ2n) is 4.62. The molecule has 0 saturated carbocycles. The van der Waals surface area contributed by atoms with Crippen LogP contribution in [0.2, 0.25) is 0 Å². The summed E-state index contributed by atoms with van der Waals surface area (Å²) in [7, 11) is 0. The number of rotatable bonds is 6. The molecule has 100 valence electrons. The van der Waals surface area contributed by atoms with Crippen molar-refractivity contribution < 1.29 is 19.7 Å². The summed E-state index contributed by atoms with van der Waals surface area (Å²) in [6.07, 6.45) is 0.108. The van der Waals surface area contributed by atoms with Gasteiger partial charge in [0.2, 0.25) is 0 Å². The van der Waals surface area contributed by atoms with E-state index in [0.717, 1.165) is 11.4 Å². The number of carboxylic acids is 1. The van der Waals surface area contributed by atoms with Crippen LogP contribution in [0, 0.1) is 0 Å². The maximum atomic E-state index is 10.7. The topological polar surface area (TPSA) is 78.8 Å². The molecular formula is C13H19NO4. The molecule has 1 aromatic carbocycles. The van der Waals surface area contributed by atoms with Gasteiger partial charge in [-0.25, -0.2) is 4.79 Å². The summed E-state index contributed by atoms with van der Waals surface area (Å²) < 4.78 is 5.48. The van der Waals surface area contributed by atoms with Crippen molar-refractivity contribution in [1.29, 1.82) is 0 Å². The van der Waals surface area contributed by atoms with Crippen molar-refractivity contribution in [1.82, 2.24) is 0 Å². The summed E-state index contributed by atoms with van der Waals surface area (Å²) in [5.74, 6) is -0.504. The van der Waals surface area contributed by atoms with Gasteiger partial charge in [-0.1, -0.05) is 0 Å². The first-order valence-corrected chi connectivity index (χ1v) is 5.77. The fraction of sp³-hybridized carbons (Fsp3) is 0.462. The van der Waals surface area contributed by atoms with Crippen molar-refractivity contribution in [2.75, 3.05) is 11.9 Å². The van der Waals surface area contributed by atoms with Gasteiger partial charge in [-0.15, -0.1) is 0 Å². The molecule has 0 aliphatic heterocycles. The van der Waals surface area contributed by atoms with Gasteiger partial charge < -0.3 is 20.3 Å². The van der Waals surface area contributed by atoms with Crippen molar-refractivity contribution in [3.05, 3.63) is 24.3 Å². The number of hydrogen-bond acceptors (Lipinski definition) is 4. The lowest BCUT2D eigenvalue weighted by molar-refractivity contribution is -0.155. The third-order valence-electron chi connectivity index (χ3n) is 2.32. The van der Waals surface area contributed by atoms with Gasteiger partial charge >= 0.3 is 5.97 Å². The second-order valence-corrected chi connectivity index (χ2v) is 4.62. The average molecular weight is 253 g/mol. The molecular weight excluding hydrogens is 234 g/mol. The van der Waals surface area contributed by atoms with Crippen LogP contribution in [0.3, 0.4) is 0 Å². The molecule has 5 nitrogen and oxygen atoms in total. The van der Waals surface area contributed by atoms with Crippen LogP contribution in [0.25, 0.3) is 0 Å². The third kappa shape index (κ3) is 4.25. The maximum absolute atomic E-state index is 10.7. The predicted molar refractivity (Wildman–Crippen MR) is 69.0 cm³/mol. The number of ether oxygens (including phenoxy) is 1. The Morgan fingerprint density at radius 1 is 1.39 bits per heavy atom. The van der Waals surface area contributed by atoms with E-state index in [4.69, 9.17) is 9.84 Å². The summed E-state index contributed by atoms with van der Waals surface area (Å²) in [4.78, 5) is 10.7. The van der Waals surface area contributed by atoms with Gasteiger partial charge in [0.25, 0.3) is 0 Å². The minimum atomic E-state index is -1.78. The summed E-state index contributed by atoms with van der Waals surface area (Å²) in [6.45, 7) is 5.07. The number of carboxylic acid groups (broad SMARTS) is 1.